The molecule has 0 bridgehead atoms. The van der Waals surface area contributed by atoms with Crippen molar-refractivity contribution in [1.82, 2.24) is 0 Å². The molecule has 0 radical (unpaired) electrons. The van der Waals surface area contributed by atoms with E-state index < -0.39 is 0 Å². The van der Waals surface area contributed by atoms with E-state index in [0.717, 1.165) is 19.3 Å². The van der Waals surface area contributed by atoms with Gasteiger partial charge in [0.15, 0.2) is 0 Å². The van der Waals surface area contributed by atoms with Crippen LogP contribution in [0.1, 0.15) is 67.7 Å². The quantitative estimate of drug-likeness (QED) is 0.521. The summed E-state index contributed by atoms with van der Waals surface area (Å²) in [5.41, 5.74) is 0.586. The molecule has 0 spiro atoms. The number of hydrogen-bond acceptors (Lipinski definition) is 2. The van der Waals surface area contributed by atoms with Gasteiger partial charge in [0.2, 0.25) is 5.79 Å². The molecule has 16 heavy (non-hydrogen) atoms. The summed E-state index contributed by atoms with van der Waals surface area (Å²) < 4.78 is 0. The van der Waals surface area contributed by atoms with E-state index in [1.165, 1.54) is 0 Å². The van der Waals surface area contributed by atoms with Crippen LogP contribution >= 0.6 is 0 Å². The lowest BCUT2D eigenvalue weighted by molar-refractivity contribution is 0.0850. The predicted octanol–water partition coefficient (Wildman–Crippen LogP) is 4.54. The molecule has 0 N–H and O–H groups in total. The second kappa shape index (κ2) is 4.30. The number of hydrogen-bond donors (Lipinski definition) is 0. The van der Waals surface area contributed by atoms with Crippen molar-refractivity contribution in [2.45, 2.75) is 73.5 Å². The zero-order chi connectivity index (χ0) is 12.6. The normalized spacial score (nSPS) is 21.9. The van der Waals surface area contributed by atoms with Crippen molar-refractivity contribution in [1.29, 1.82) is 0 Å². The minimum Gasteiger partial charge on any atom is -0.195 e. The molecule has 0 aromatic heterocycles. The van der Waals surface area contributed by atoms with Crippen molar-refractivity contribution in [3.8, 4) is 0 Å². The Balaban J connectivity index is 2.66. The molecule has 2 nitrogen and oxygen atoms in total. The van der Waals surface area contributed by atoms with E-state index in [1.54, 1.807) is 0 Å². The third-order valence-electron chi connectivity index (χ3n) is 3.05. The molecule has 1 aliphatic heterocycles. The summed E-state index contributed by atoms with van der Waals surface area (Å²) in [5, 5.41) is 0. The van der Waals surface area contributed by atoms with Crippen molar-refractivity contribution in [3.63, 3.8) is 0 Å². The van der Waals surface area contributed by atoms with Crippen LogP contribution in [0.3, 0.4) is 0 Å². The smallest absolute Gasteiger partial charge is 0.195 e. The maximum Gasteiger partial charge on any atom is 0.237 e. The molecule has 1 unspecified atom stereocenters. The average Bonchev–Trinajstić information content (AvgIpc) is 2.76. The topological polar surface area (TPSA) is 25.1 Å². The molecule has 0 amide bonds. The molecule has 1 rings (SSSR count). The van der Waals surface area contributed by atoms with Crippen molar-refractivity contribution in [2.24, 2.45) is 16.7 Å². The Morgan fingerprint density at radius 1 is 0.938 bits per heavy atom. The van der Waals surface area contributed by atoms with Crippen molar-refractivity contribution < 1.29 is 9.78 Å². The van der Waals surface area contributed by atoms with E-state index in [9.17, 15) is 0 Å². The molecule has 1 fully saturated rings. The van der Waals surface area contributed by atoms with Crippen LogP contribution in [0.2, 0.25) is 0 Å². The Hall–Kier alpha value is -0.0800. The van der Waals surface area contributed by atoms with Crippen LogP contribution in [0, 0.1) is 16.7 Å². The van der Waals surface area contributed by atoms with Crippen LogP contribution in [0.5, 0.6) is 0 Å². The molecule has 0 aliphatic carbocycles. The molecule has 1 saturated heterocycles. The van der Waals surface area contributed by atoms with E-state index >= 15 is 0 Å². The Labute approximate surface area is 101 Å². The molecular formula is C14H28O2. The summed E-state index contributed by atoms with van der Waals surface area (Å²) >= 11 is 0. The minimum absolute atomic E-state index is 0.252. The maximum atomic E-state index is 5.37. The highest BCUT2D eigenvalue weighted by atomic mass is 17.4. The Bertz CT molecular complexity index is 228. The molecule has 0 saturated carbocycles. The Morgan fingerprint density at radius 2 is 1.44 bits per heavy atom. The van der Waals surface area contributed by atoms with Gasteiger partial charge >= 0.3 is 0 Å². The van der Waals surface area contributed by atoms with Gasteiger partial charge in [-0.05, 0) is 23.7 Å². The maximum absolute atomic E-state index is 5.37. The largest absolute Gasteiger partial charge is 0.237 e. The van der Waals surface area contributed by atoms with Crippen LogP contribution in [0.4, 0.5) is 0 Å². The van der Waals surface area contributed by atoms with Gasteiger partial charge in [-0.1, -0.05) is 48.5 Å². The summed E-state index contributed by atoms with van der Waals surface area (Å²) in [7, 11) is 0. The summed E-state index contributed by atoms with van der Waals surface area (Å²) in [6, 6.07) is 0. The second-order valence-electron chi connectivity index (χ2n) is 7.59. The van der Waals surface area contributed by atoms with E-state index in [4.69, 9.17) is 9.78 Å². The standard InChI is InChI=1S/C14H28O2/c1-8-11(9-12(2,3)4)14(15-16-14)10-13(5,6)7/h11H,8-10H2,1-7H3. The van der Waals surface area contributed by atoms with Gasteiger partial charge in [-0.3, -0.25) is 0 Å². The molecule has 0 aromatic rings. The highest BCUT2D eigenvalue weighted by Crippen LogP contribution is 2.50. The molecule has 1 heterocycles. The highest BCUT2D eigenvalue weighted by Gasteiger charge is 2.56. The average molecular weight is 228 g/mol. The first kappa shape index (κ1) is 14.0. The van der Waals surface area contributed by atoms with Crippen LogP contribution < -0.4 is 0 Å². The Kier molecular flexibility index (Phi) is 3.76. The molecule has 2 heteroatoms. The predicted molar refractivity (Wildman–Crippen MR) is 66.8 cm³/mol. The van der Waals surface area contributed by atoms with Gasteiger partial charge in [-0.2, -0.15) is 9.78 Å². The summed E-state index contributed by atoms with van der Waals surface area (Å²) in [6.45, 7) is 15.8. The lowest BCUT2D eigenvalue weighted by Gasteiger charge is -2.30. The van der Waals surface area contributed by atoms with Gasteiger partial charge in [-0.25, -0.2) is 0 Å². The van der Waals surface area contributed by atoms with Crippen LogP contribution in [-0.4, -0.2) is 5.79 Å². The first-order valence-corrected chi connectivity index (χ1v) is 6.45. The van der Waals surface area contributed by atoms with Crippen LogP contribution in [0.25, 0.3) is 0 Å². The van der Waals surface area contributed by atoms with Crippen molar-refractivity contribution in [2.75, 3.05) is 0 Å². The molecule has 0 aromatic carbocycles. The number of rotatable bonds is 4. The fourth-order valence-corrected chi connectivity index (χ4v) is 2.48. The van der Waals surface area contributed by atoms with Crippen LogP contribution in [0.15, 0.2) is 0 Å². The first-order chi connectivity index (χ1) is 7.08. The third kappa shape index (κ3) is 4.06. The van der Waals surface area contributed by atoms with E-state index in [1.807, 2.05) is 0 Å². The van der Waals surface area contributed by atoms with Gasteiger partial charge in [0.1, 0.15) is 0 Å². The summed E-state index contributed by atoms with van der Waals surface area (Å²) in [6.07, 6.45) is 3.25. The van der Waals surface area contributed by atoms with Crippen molar-refractivity contribution in [3.05, 3.63) is 0 Å². The zero-order valence-electron chi connectivity index (χ0n) is 12.0. The van der Waals surface area contributed by atoms with Gasteiger partial charge < -0.3 is 0 Å². The van der Waals surface area contributed by atoms with Gasteiger partial charge in [0.25, 0.3) is 0 Å². The molecule has 1 aliphatic rings. The SMILES string of the molecule is CCC(CC(C)(C)C)C1(CC(C)(C)C)OO1. The summed E-state index contributed by atoms with van der Waals surface area (Å²) in [5.74, 6) is 0.215. The van der Waals surface area contributed by atoms with Gasteiger partial charge in [-0.15, -0.1) is 0 Å². The van der Waals surface area contributed by atoms with E-state index in [2.05, 4.69) is 48.5 Å². The third-order valence-corrected chi connectivity index (χ3v) is 3.05. The van der Waals surface area contributed by atoms with E-state index in [-0.39, 0.29) is 11.2 Å². The minimum atomic E-state index is -0.291. The highest BCUT2D eigenvalue weighted by molar-refractivity contribution is 4.89. The van der Waals surface area contributed by atoms with Crippen molar-refractivity contribution >= 4 is 0 Å². The van der Waals surface area contributed by atoms with E-state index in [0.29, 0.717) is 11.3 Å². The fourth-order valence-electron chi connectivity index (χ4n) is 2.48. The fraction of sp³-hybridized carbons (Fsp3) is 1.00. The van der Waals surface area contributed by atoms with Gasteiger partial charge in [0, 0.05) is 12.3 Å². The zero-order valence-corrected chi connectivity index (χ0v) is 12.0. The lowest BCUT2D eigenvalue weighted by atomic mass is 9.75. The van der Waals surface area contributed by atoms with Gasteiger partial charge in [0.05, 0.1) is 0 Å². The first-order valence-electron chi connectivity index (χ1n) is 6.45. The van der Waals surface area contributed by atoms with Crippen LogP contribution in [-0.2, 0) is 9.78 Å². The molecule has 96 valence electrons. The lowest BCUT2D eigenvalue weighted by Crippen LogP contribution is -2.31. The molecule has 1 atom stereocenters. The summed E-state index contributed by atoms with van der Waals surface area (Å²) in [4.78, 5) is 10.7. The monoisotopic (exact) mass is 228 g/mol. The molecular weight excluding hydrogens is 200 g/mol. The second-order valence-corrected chi connectivity index (χ2v) is 7.59. The Morgan fingerprint density at radius 3 is 1.69 bits per heavy atom.